The van der Waals surface area contributed by atoms with Gasteiger partial charge in [0.05, 0.1) is 6.10 Å². The molecule has 0 rings (SSSR count). The summed E-state index contributed by atoms with van der Waals surface area (Å²) in [6, 6.07) is 0. The average Bonchev–Trinajstić information content (AvgIpc) is 1.88. The van der Waals surface area contributed by atoms with Crippen LogP contribution in [0.3, 0.4) is 0 Å². The number of ether oxygens (including phenoxy) is 1. The van der Waals surface area contributed by atoms with Crippen molar-refractivity contribution >= 4 is 11.8 Å². The van der Waals surface area contributed by atoms with E-state index in [0.717, 1.165) is 12.4 Å². The van der Waals surface area contributed by atoms with E-state index in [1.165, 1.54) is 0 Å². The van der Waals surface area contributed by atoms with Gasteiger partial charge in [0.25, 0.3) is 0 Å². The van der Waals surface area contributed by atoms with Crippen LogP contribution in [0.2, 0.25) is 0 Å². The van der Waals surface area contributed by atoms with Crippen LogP contribution >= 0.6 is 11.8 Å². The van der Waals surface area contributed by atoms with Gasteiger partial charge in [-0.2, -0.15) is 11.8 Å². The summed E-state index contributed by atoms with van der Waals surface area (Å²) >= 11 is 1.77. The lowest BCUT2D eigenvalue weighted by molar-refractivity contribution is 0.0859. The molecule has 0 amide bonds. The minimum Gasteiger partial charge on any atom is -0.376 e. The summed E-state index contributed by atoms with van der Waals surface area (Å²) in [4.78, 5) is 0. The number of rotatable bonds is 5. The topological polar surface area (TPSA) is 35.2 Å². The molecule has 0 aliphatic rings. The molecule has 0 aliphatic carbocycles. The SMILES string of the molecule is CCOC(CN)CSC. The van der Waals surface area contributed by atoms with Gasteiger partial charge in [0.15, 0.2) is 0 Å². The molecule has 0 saturated heterocycles. The van der Waals surface area contributed by atoms with E-state index in [9.17, 15) is 0 Å². The maximum Gasteiger partial charge on any atom is 0.0787 e. The smallest absolute Gasteiger partial charge is 0.0787 e. The first kappa shape index (κ1) is 9.27. The highest BCUT2D eigenvalue weighted by Gasteiger charge is 2.02. The predicted molar refractivity (Wildman–Crippen MR) is 42.9 cm³/mol. The largest absolute Gasteiger partial charge is 0.376 e. The fourth-order valence-corrected chi connectivity index (χ4v) is 1.21. The van der Waals surface area contributed by atoms with Crippen molar-refractivity contribution in [3.05, 3.63) is 0 Å². The van der Waals surface area contributed by atoms with Crippen LogP contribution in [0, 0.1) is 0 Å². The van der Waals surface area contributed by atoms with Crippen molar-refractivity contribution in [3.8, 4) is 0 Å². The van der Waals surface area contributed by atoms with Gasteiger partial charge < -0.3 is 10.5 Å². The lowest BCUT2D eigenvalue weighted by Gasteiger charge is -2.11. The van der Waals surface area contributed by atoms with Crippen molar-refractivity contribution in [1.82, 2.24) is 0 Å². The Bertz CT molecular complexity index is 55.0. The molecule has 0 radical (unpaired) electrons. The summed E-state index contributed by atoms with van der Waals surface area (Å²) in [5.41, 5.74) is 5.41. The van der Waals surface area contributed by atoms with Crippen molar-refractivity contribution in [2.24, 2.45) is 5.73 Å². The molecule has 1 unspecified atom stereocenters. The Labute approximate surface area is 61.1 Å². The summed E-state index contributed by atoms with van der Waals surface area (Å²) in [6.45, 7) is 3.39. The molecule has 0 aromatic rings. The molecular formula is C6H15NOS. The first-order chi connectivity index (χ1) is 4.35. The van der Waals surface area contributed by atoms with Crippen molar-refractivity contribution in [1.29, 1.82) is 0 Å². The molecule has 0 bridgehead atoms. The van der Waals surface area contributed by atoms with Gasteiger partial charge in [-0.15, -0.1) is 0 Å². The zero-order chi connectivity index (χ0) is 7.11. The van der Waals surface area contributed by atoms with Crippen molar-refractivity contribution in [2.75, 3.05) is 25.2 Å². The molecule has 0 saturated carbocycles. The highest BCUT2D eigenvalue weighted by molar-refractivity contribution is 7.98. The molecule has 9 heavy (non-hydrogen) atoms. The summed E-state index contributed by atoms with van der Waals surface area (Å²) in [5.74, 6) is 1.00. The number of hydrogen-bond acceptors (Lipinski definition) is 3. The Morgan fingerprint density at radius 1 is 1.67 bits per heavy atom. The molecule has 56 valence electrons. The highest BCUT2D eigenvalue weighted by atomic mass is 32.2. The van der Waals surface area contributed by atoms with Crippen molar-refractivity contribution in [3.63, 3.8) is 0 Å². The van der Waals surface area contributed by atoms with Crippen molar-refractivity contribution < 1.29 is 4.74 Å². The van der Waals surface area contributed by atoms with E-state index in [2.05, 4.69) is 6.26 Å². The summed E-state index contributed by atoms with van der Waals surface area (Å²) in [5, 5.41) is 0. The molecule has 1 atom stereocenters. The van der Waals surface area contributed by atoms with E-state index in [-0.39, 0.29) is 6.10 Å². The van der Waals surface area contributed by atoms with Gasteiger partial charge in [0.1, 0.15) is 0 Å². The van der Waals surface area contributed by atoms with Crippen LogP contribution in [-0.2, 0) is 4.74 Å². The second-order valence-corrected chi connectivity index (χ2v) is 2.68. The van der Waals surface area contributed by atoms with Crippen molar-refractivity contribution in [2.45, 2.75) is 13.0 Å². The Morgan fingerprint density at radius 2 is 2.33 bits per heavy atom. The Hall–Kier alpha value is 0.270. The van der Waals surface area contributed by atoms with Gasteiger partial charge in [-0.05, 0) is 13.2 Å². The van der Waals surface area contributed by atoms with E-state index in [1.54, 1.807) is 11.8 Å². The summed E-state index contributed by atoms with van der Waals surface area (Å²) in [6.07, 6.45) is 2.31. The molecule has 3 heteroatoms. The van der Waals surface area contributed by atoms with Crippen LogP contribution in [0.1, 0.15) is 6.92 Å². The van der Waals surface area contributed by atoms with Crippen LogP contribution in [0.15, 0.2) is 0 Å². The summed E-state index contributed by atoms with van der Waals surface area (Å²) < 4.78 is 5.29. The molecule has 0 heterocycles. The molecule has 2 N–H and O–H groups in total. The lowest BCUT2D eigenvalue weighted by Crippen LogP contribution is -2.25. The second-order valence-electron chi connectivity index (χ2n) is 1.77. The van der Waals surface area contributed by atoms with Crippen LogP contribution in [0.5, 0.6) is 0 Å². The maximum absolute atomic E-state index is 5.41. The first-order valence-electron chi connectivity index (χ1n) is 3.15. The van der Waals surface area contributed by atoms with E-state index in [4.69, 9.17) is 10.5 Å². The molecular weight excluding hydrogens is 134 g/mol. The number of hydrogen-bond donors (Lipinski definition) is 1. The van der Waals surface area contributed by atoms with Gasteiger partial charge >= 0.3 is 0 Å². The predicted octanol–water partition coefficient (Wildman–Crippen LogP) is 0.713. The monoisotopic (exact) mass is 149 g/mol. The first-order valence-corrected chi connectivity index (χ1v) is 4.55. The second kappa shape index (κ2) is 6.39. The third-order valence-electron chi connectivity index (χ3n) is 1.02. The molecule has 0 fully saturated rings. The Kier molecular flexibility index (Phi) is 6.58. The third-order valence-corrected chi connectivity index (χ3v) is 1.72. The van der Waals surface area contributed by atoms with E-state index < -0.39 is 0 Å². The zero-order valence-electron chi connectivity index (χ0n) is 6.09. The standard InChI is InChI=1S/C6H15NOS/c1-3-8-6(4-7)5-9-2/h6H,3-5,7H2,1-2H3. The Morgan fingerprint density at radius 3 is 2.67 bits per heavy atom. The lowest BCUT2D eigenvalue weighted by atomic mass is 10.4. The quantitative estimate of drug-likeness (QED) is 0.625. The zero-order valence-corrected chi connectivity index (χ0v) is 6.91. The number of thioether (sulfide) groups is 1. The minimum absolute atomic E-state index is 0.255. The molecule has 0 spiro atoms. The van der Waals surface area contributed by atoms with E-state index >= 15 is 0 Å². The van der Waals surface area contributed by atoms with Crippen LogP contribution in [0.25, 0.3) is 0 Å². The minimum atomic E-state index is 0.255. The van der Waals surface area contributed by atoms with Gasteiger partial charge in [0.2, 0.25) is 0 Å². The van der Waals surface area contributed by atoms with Gasteiger partial charge in [0, 0.05) is 18.9 Å². The van der Waals surface area contributed by atoms with Crippen LogP contribution in [-0.4, -0.2) is 31.3 Å². The maximum atomic E-state index is 5.41. The normalized spacial score (nSPS) is 13.7. The molecule has 0 aliphatic heterocycles. The fraction of sp³-hybridized carbons (Fsp3) is 1.00. The number of nitrogens with two attached hydrogens (primary N) is 1. The van der Waals surface area contributed by atoms with Gasteiger partial charge in [-0.1, -0.05) is 0 Å². The van der Waals surface area contributed by atoms with Crippen LogP contribution in [0.4, 0.5) is 0 Å². The molecule has 0 aromatic heterocycles. The van der Waals surface area contributed by atoms with Crippen LogP contribution < -0.4 is 5.73 Å². The Balaban J connectivity index is 3.18. The van der Waals surface area contributed by atoms with Gasteiger partial charge in [-0.25, -0.2) is 0 Å². The van der Waals surface area contributed by atoms with Gasteiger partial charge in [-0.3, -0.25) is 0 Å². The van der Waals surface area contributed by atoms with E-state index in [1.807, 2.05) is 6.92 Å². The third kappa shape index (κ3) is 4.75. The molecule has 2 nitrogen and oxygen atoms in total. The summed E-state index contributed by atoms with van der Waals surface area (Å²) in [7, 11) is 0. The average molecular weight is 149 g/mol. The highest BCUT2D eigenvalue weighted by Crippen LogP contribution is 1.99. The fourth-order valence-electron chi connectivity index (χ4n) is 0.606. The van der Waals surface area contributed by atoms with E-state index in [0.29, 0.717) is 6.54 Å². The molecule has 0 aromatic carbocycles.